The average Bonchev–Trinajstić information content (AvgIpc) is 3.38. The number of benzene rings is 2. The highest BCUT2D eigenvalue weighted by atomic mass is 19.1. The van der Waals surface area contributed by atoms with Crippen molar-refractivity contribution in [1.29, 1.82) is 0 Å². The van der Waals surface area contributed by atoms with Gasteiger partial charge in [0.25, 0.3) is 0 Å². The van der Waals surface area contributed by atoms with Crippen LogP contribution in [0, 0.1) is 5.82 Å². The van der Waals surface area contributed by atoms with Crippen LogP contribution < -0.4 is 0 Å². The zero-order valence-corrected chi connectivity index (χ0v) is 14.9. The van der Waals surface area contributed by atoms with Crippen LogP contribution in [-0.4, -0.2) is 11.0 Å². The smallest absolute Gasteiger partial charge is 0.317 e. The Morgan fingerprint density at radius 1 is 1.07 bits per heavy atom. The summed E-state index contributed by atoms with van der Waals surface area (Å²) < 4.78 is 24.5. The van der Waals surface area contributed by atoms with E-state index in [0.717, 1.165) is 24.0 Å². The standard InChI is InChI=1S/C22H20FNO3/c23-18-10-8-17(9-11-18)22(12-4-5-13-22)21(25)26-15-20-24-14-19(27-20)16-6-2-1-3-7-16/h1-3,6-11,14H,4-5,12-13,15H2. The molecule has 1 fully saturated rings. The molecule has 27 heavy (non-hydrogen) atoms. The number of aromatic nitrogens is 1. The van der Waals surface area contributed by atoms with Crippen LogP contribution in [0.2, 0.25) is 0 Å². The summed E-state index contributed by atoms with van der Waals surface area (Å²) in [6.07, 6.45) is 4.94. The lowest BCUT2D eigenvalue weighted by atomic mass is 9.79. The largest absolute Gasteiger partial charge is 0.455 e. The van der Waals surface area contributed by atoms with Gasteiger partial charge < -0.3 is 9.15 Å². The van der Waals surface area contributed by atoms with Gasteiger partial charge in [-0.2, -0.15) is 0 Å². The molecule has 1 aromatic heterocycles. The van der Waals surface area contributed by atoms with E-state index in [1.54, 1.807) is 18.3 Å². The predicted octanol–water partition coefficient (Wildman–Crippen LogP) is 5.04. The maximum Gasteiger partial charge on any atom is 0.317 e. The molecule has 0 spiro atoms. The Kier molecular flexibility index (Phi) is 4.75. The molecule has 1 saturated carbocycles. The minimum absolute atomic E-state index is 0.0192. The SMILES string of the molecule is O=C(OCc1ncc(-c2ccccc2)o1)C1(c2ccc(F)cc2)CCCC1. The van der Waals surface area contributed by atoms with E-state index >= 15 is 0 Å². The first-order valence-electron chi connectivity index (χ1n) is 9.11. The molecule has 4 rings (SSSR count). The van der Waals surface area contributed by atoms with Gasteiger partial charge in [-0.15, -0.1) is 0 Å². The van der Waals surface area contributed by atoms with Crippen molar-refractivity contribution < 1.29 is 18.3 Å². The summed E-state index contributed by atoms with van der Waals surface area (Å²) in [7, 11) is 0. The second kappa shape index (κ2) is 7.35. The number of hydrogen-bond acceptors (Lipinski definition) is 4. The van der Waals surface area contributed by atoms with Gasteiger partial charge in [-0.3, -0.25) is 4.79 Å². The van der Waals surface area contributed by atoms with Crippen molar-refractivity contribution >= 4 is 5.97 Å². The van der Waals surface area contributed by atoms with Crippen molar-refractivity contribution in [2.45, 2.75) is 37.7 Å². The van der Waals surface area contributed by atoms with Gasteiger partial charge in [-0.1, -0.05) is 55.3 Å². The van der Waals surface area contributed by atoms with E-state index in [0.29, 0.717) is 24.5 Å². The molecule has 1 aliphatic carbocycles. The van der Waals surface area contributed by atoms with E-state index in [2.05, 4.69) is 4.98 Å². The zero-order chi connectivity index (χ0) is 18.7. The second-order valence-electron chi connectivity index (χ2n) is 6.86. The number of carbonyl (C=O) groups is 1. The maximum absolute atomic E-state index is 13.3. The van der Waals surface area contributed by atoms with Gasteiger partial charge in [0.2, 0.25) is 5.89 Å². The Labute approximate surface area is 157 Å². The maximum atomic E-state index is 13.3. The number of hydrogen-bond donors (Lipinski definition) is 0. The summed E-state index contributed by atoms with van der Waals surface area (Å²) >= 11 is 0. The molecule has 0 bridgehead atoms. The molecule has 138 valence electrons. The molecule has 0 unspecified atom stereocenters. The van der Waals surface area contributed by atoms with Crippen LogP contribution in [-0.2, 0) is 21.6 Å². The molecule has 0 aliphatic heterocycles. The van der Waals surface area contributed by atoms with Crippen molar-refractivity contribution in [2.24, 2.45) is 0 Å². The Hall–Kier alpha value is -2.95. The van der Waals surface area contributed by atoms with Crippen LogP contribution in [0.1, 0.15) is 37.1 Å². The van der Waals surface area contributed by atoms with E-state index in [1.807, 2.05) is 30.3 Å². The summed E-state index contributed by atoms with van der Waals surface area (Å²) in [5.41, 5.74) is 1.02. The number of esters is 1. The predicted molar refractivity (Wildman–Crippen MR) is 98.3 cm³/mol. The highest BCUT2D eigenvalue weighted by Gasteiger charge is 2.44. The zero-order valence-electron chi connectivity index (χ0n) is 14.9. The van der Waals surface area contributed by atoms with Gasteiger partial charge in [-0.05, 0) is 30.5 Å². The molecular formula is C22H20FNO3. The normalized spacial score (nSPS) is 15.6. The third-order valence-corrected chi connectivity index (χ3v) is 5.18. The van der Waals surface area contributed by atoms with Gasteiger partial charge in [0, 0.05) is 5.56 Å². The number of nitrogens with zero attached hydrogens (tertiary/aromatic N) is 1. The van der Waals surface area contributed by atoms with Crippen LogP contribution >= 0.6 is 0 Å². The van der Waals surface area contributed by atoms with Gasteiger partial charge in [0.05, 0.1) is 11.6 Å². The second-order valence-corrected chi connectivity index (χ2v) is 6.86. The lowest BCUT2D eigenvalue weighted by Crippen LogP contribution is -2.34. The van der Waals surface area contributed by atoms with E-state index in [4.69, 9.17) is 9.15 Å². The molecule has 3 aromatic rings. The Balaban J connectivity index is 1.48. The molecule has 0 N–H and O–H groups in total. The quantitative estimate of drug-likeness (QED) is 0.595. The summed E-state index contributed by atoms with van der Waals surface area (Å²) in [4.78, 5) is 17.1. The molecule has 2 aromatic carbocycles. The average molecular weight is 365 g/mol. The fourth-order valence-electron chi connectivity index (χ4n) is 3.74. The van der Waals surface area contributed by atoms with Crippen molar-refractivity contribution in [3.05, 3.63) is 78.1 Å². The van der Waals surface area contributed by atoms with Gasteiger partial charge in [0.1, 0.15) is 5.82 Å². The fraction of sp³-hybridized carbons (Fsp3) is 0.273. The van der Waals surface area contributed by atoms with Gasteiger partial charge in [0.15, 0.2) is 12.4 Å². The topological polar surface area (TPSA) is 52.3 Å². The number of carbonyl (C=O) groups excluding carboxylic acids is 1. The first kappa shape index (κ1) is 17.5. The third-order valence-electron chi connectivity index (χ3n) is 5.18. The molecule has 0 saturated heterocycles. The van der Waals surface area contributed by atoms with E-state index in [9.17, 15) is 9.18 Å². The molecule has 1 aliphatic rings. The van der Waals surface area contributed by atoms with E-state index in [-0.39, 0.29) is 18.4 Å². The first-order chi connectivity index (χ1) is 13.2. The van der Waals surface area contributed by atoms with Crippen LogP contribution in [0.25, 0.3) is 11.3 Å². The van der Waals surface area contributed by atoms with Crippen LogP contribution in [0.15, 0.2) is 65.2 Å². The van der Waals surface area contributed by atoms with Crippen molar-refractivity contribution in [2.75, 3.05) is 0 Å². The Morgan fingerprint density at radius 2 is 1.78 bits per heavy atom. The molecule has 1 heterocycles. The molecule has 5 heteroatoms. The molecular weight excluding hydrogens is 345 g/mol. The molecule has 0 atom stereocenters. The summed E-state index contributed by atoms with van der Waals surface area (Å²) in [6.45, 7) is -0.0192. The van der Waals surface area contributed by atoms with Gasteiger partial charge >= 0.3 is 5.97 Å². The van der Waals surface area contributed by atoms with Gasteiger partial charge in [-0.25, -0.2) is 9.37 Å². The van der Waals surface area contributed by atoms with Crippen LogP contribution in [0.3, 0.4) is 0 Å². The van der Waals surface area contributed by atoms with E-state index in [1.165, 1.54) is 12.1 Å². The molecule has 4 nitrogen and oxygen atoms in total. The Morgan fingerprint density at radius 3 is 2.48 bits per heavy atom. The highest BCUT2D eigenvalue weighted by molar-refractivity contribution is 5.83. The highest BCUT2D eigenvalue weighted by Crippen LogP contribution is 2.42. The first-order valence-corrected chi connectivity index (χ1v) is 9.11. The lowest BCUT2D eigenvalue weighted by molar-refractivity contribution is -0.152. The number of oxazole rings is 1. The monoisotopic (exact) mass is 365 g/mol. The minimum atomic E-state index is -0.706. The van der Waals surface area contributed by atoms with Crippen LogP contribution in [0.4, 0.5) is 4.39 Å². The van der Waals surface area contributed by atoms with Crippen LogP contribution in [0.5, 0.6) is 0 Å². The molecule has 0 radical (unpaired) electrons. The lowest BCUT2D eigenvalue weighted by Gasteiger charge is -2.27. The minimum Gasteiger partial charge on any atom is -0.455 e. The fourth-order valence-corrected chi connectivity index (χ4v) is 3.74. The van der Waals surface area contributed by atoms with E-state index < -0.39 is 5.41 Å². The Bertz CT molecular complexity index is 912. The summed E-state index contributed by atoms with van der Waals surface area (Å²) in [6, 6.07) is 15.8. The molecule has 0 amide bonds. The van der Waals surface area contributed by atoms with Crippen molar-refractivity contribution in [3.63, 3.8) is 0 Å². The van der Waals surface area contributed by atoms with Crippen molar-refractivity contribution in [3.8, 4) is 11.3 Å². The summed E-state index contributed by atoms with van der Waals surface area (Å²) in [5.74, 6) is 0.379. The number of ether oxygens (including phenoxy) is 1. The summed E-state index contributed by atoms with van der Waals surface area (Å²) in [5, 5.41) is 0. The van der Waals surface area contributed by atoms with Crippen molar-refractivity contribution in [1.82, 2.24) is 4.98 Å². The number of rotatable bonds is 5. The third kappa shape index (κ3) is 3.50. The number of halogens is 1.